The molecule has 0 fully saturated rings. The van der Waals surface area contributed by atoms with Gasteiger partial charge in [-0.25, -0.2) is 0 Å². The average Bonchev–Trinajstić information content (AvgIpc) is 2.61. The first-order valence-corrected chi connectivity index (χ1v) is 6.66. The summed E-state index contributed by atoms with van der Waals surface area (Å²) < 4.78 is 1.46. The number of anilines is 1. The van der Waals surface area contributed by atoms with Gasteiger partial charge in [-0.15, -0.1) is 0 Å². The molecule has 1 rings (SSSR count). The molecule has 0 aromatic carbocycles. The van der Waals surface area contributed by atoms with Crippen LogP contribution in [-0.2, 0) is 18.3 Å². The third-order valence-corrected chi connectivity index (χ3v) is 2.92. The largest absolute Gasteiger partial charge is 0.395 e. The van der Waals surface area contributed by atoms with Gasteiger partial charge in [-0.1, -0.05) is 20.8 Å². The molecule has 1 aromatic heterocycles. The van der Waals surface area contributed by atoms with Gasteiger partial charge in [0.1, 0.15) is 5.69 Å². The molecule has 4 N–H and O–H groups in total. The molecule has 1 aromatic rings. The second-order valence-corrected chi connectivity index (χ2v) is 5.23. The molecule has 0 bridgehead atoms. The van der Waals surface area contributed by atoms with Crippen molar-refractivity contribution in [2.75, 3.05) is 18.8 Å². The minimum Gasteiger partial charge on any atom is -0.395 e. The maximum absolute atomic E-state index is 12.6. The van der Waals surface area contributed by atoms with E-state index in [0.717, 1.165) is 0 Å². The van der Waals surface area contributed by atoms with Crippen LogP contribution < -0.4 is 11.5 Å². The van der Waals surface area contributed by atoms with Gasteiger partial charge >= 0.3 is 0 Å². The van der Waals surface area contributed by atoms with Crippen molar-refractivity contribution in [1.29, 1.82) is 0 Å². The zero-order valence-electron chi connectivity index (χ0n) is 12.5. The van der Waals surface area contributed by atoms with Crippen molar-refractivity contribution in [3.63, 3.8) is 0 Å². The molecule has 1 heterocycles. The number of primary amides is 1. The van der Waals surface area contributed by atoms with Crippen LogP contribution in [0.25, 0.3) is 0 Å². The lowest BCUT2D eigenvalue weighted by molar-refractivity contribution is -0.118. The SMILES string of the molecule is CCc1nn(C)c(C(=O)N(CC(N)=O)CC(C)C)c1N. The minimum absolute atomic E-state index is 0.122. The number of hydrogen-bond acceptors (Lipinski definition) is 4. The first-order valence-electron chi connectivity index (χ1n) is 6.66. The molecule has 0 aliphatic heterocycles. The topological polar surface area (TPSA) is 107 Å². The van der Waals surface area contributed by atoms with Crippen LogP contribution in [0.1, 0.15) is 37.0 Å². The molecular weight excluding hydrogens is 258 g/mol. The third kappa shape index (κ3) is 3.49. The molecule has 2 amide bonds. The Balaban J connectivity index is 3.11. The molecule has 0 saturated carbocycles. The normalized spacial score (nSPS) is 10.8. The number of amides is 2. The Bertz CT molecular complexity index is 507. The molecular formula is C13H23N5O2. The summed E-state index contributed by atoms with van der Waals surface area (Å²) in [5.74, 6) is -0.640. The Kier molecular flexibility index (Phi) is 5.12. The van der Waals surface area contributed by atoms with Crippen LogP contribution in [0.4, 0.5) is 5.69 Å². The van der Waals surface area contributed by atoms with E-state index in [4.69, 9.17) is 11.5 Å². The van der Waals surface area contributed by atoms with Crippen molar-refractivity contribution in [3.05, 3.63) is 11.4 Å². The molecule has 0 aliphatic rings. The lowest BCUT2D eigenvalue weighted by Gasteiger charge is -2.23. The summed E-state index contributed by atoms with van der Waals surface area (Å²) in [5, 5.41) is 4.22. The molecule has 0 radical (unpaired) electrons. The Labute approximate surface area is 118 Å². The monoisotopic (exact) mass is 281 g/mol. The highest BCUT2D eigenvalue weighted by Crippen LogP contribution is 2.19. The van der Waals surface area contributed by atoms with E-state index in [-0.39, 0.29) is 18.4 Å². The zero-order chi connectivity index (χ0) is 15.4. The Morgan fingerprint density at radius 2 is 2.00 bits per heavy atom. The quantitative estimate of drug-likeness (QED) is 0.773. The van der Waals surface area contributed by atoms with Gasteiger partial charge in [-0.3, -0.25) is 14.3 Å². The highest BCUT2D eigenvalue weighted by atomic mass is 16.2. The van der Waals surface area contributed by atoms with Gasteiger partial charge in [0.05, 0.1) is 17.9 Å². The van der Waals surface area contributed by atoms with Crippen molar-refractivity contribution in [2.24, 2.45) is 18.7 Å². The van der Waals surface area contributed by atoms with Crippen molar-refractivity contribution in [1.82, 2.24) is 14.7 Å². The van der Waals surface area contributed by atoms with Crippen molar-refractivity contribution >= 4 is 17.5 Å². The summed E-state index contributed by atoms with van der Waals surface area (Å²) >= 11 is 0. The molecule has 7 heteroatoms. The van der Waals surface area contributed by atoms with E-state index in [0.29, 0.717) is 30.0 Å². The Morgan fingerprint density at radius 3 is 2.40 bits per heavy atom. The number of nitrogens with two attached hydrogens (primary N) is 2. The molecule has 112 valence electrons. The summed E-state index contributed by atoms with van der Waals surface area (Å²) in [6.07, 6.45) is 0.646. The van der Waals surface area contributed by atoms with Gasteiger partial charge in [0.2, 0.25) is 5.91 Å². The van der Waals surface area contributed by atoms with Gasteiger partial charge in [0.15, 0.2) is 0 Å². The molecule has 0 aliphatic carbocycles. The van der Waals surface area contributed by atoms with E-state index in [2.05, 4.69) is 5.10 Å². The van der Waals surface area contributed by atoms with Crippen LogP contribution >= 0.6 is 0 Å². The number of rotatable bonds is 6. The lowest BCUT2D eigenvalue weighted by Crippen LogP contribution is -2.41. The van der Waals surface area contributed by atoms with Gasteiger partial charge < -0.3 is 16.4 Å². The fourth-order valence-corrected chi connectivity index (χ4v) is 2.11. The van der Waals surface area contributed by atoms with Gasteiger partial charge in [-0.2, -0.15) is 5.10 Å². The van der Waals surface area contributed by atoms with E-state index >= 15 is 0 Å². The van der Waals surface area contributed by atoms with Crippen LogP contribution in [0.3, 0.4) is 0 Å². The molecule has 7 nitrogen and oxygen atoms in total. The van der Waals surface area contributed by atoms with E-state index in [1.54, 1.807) is 7.05 Å². The van der Waals surface area contributed by atoms with Gasteiger partial charge in [0.25, 0.3) is 5.91 Å². The van der Waals surface area contributed by atoms with E-state index in [1.807, 2.05) is 20.8 Å². The summed E-state index contributed by atoms with van der Waals surface area (Å²) in [6.45, 7) is 6.16. The highest BCUT2D eigenvalue weighted by Gasteiger charge is 2.25. The van der Waals surface area contributed by atoms with Gasteiger partial charge in [-0.05, 0) is 12.3 Å². The summed E-state index contributed by atoms with van der Waals surface area (Å²) in [7, 11) is 1.67. The van der Waals surface area contributed by atoms with Crippen molar-refractivity contribution in [2.45, 2.75) is 27.2 Å². The predicted molar refractivity (Wildman–Crippen MR) is 76.9 cm³/mol. The minimum atomic E-state index is -0.546. The van der Waals surface area contributed by atoms with Crippen LogP contribution in [0, 0.1) is 5.92 Å². The number of aryl methyl sites for hydroxylation is 2. The first kappa shape index (κ1) is 16.0. The van der Waals surface area contributed by atoms with E-state index < -0.39 is 5.91 Å². The predicted octanol–water partition coefficient (Wildman–Crippen LogP) is 0.148. The van der Waals surface area contributed by atoms with Gasteiger partial charge in [0, 0.05) is 13.6 Å². The van der Waals surface area contributed by atoms with Crippen LogP contribution in [0.5, 0.6) is 0 Å². The van der Waals surface area contributed by atoms with Crippen molar-refractivity contribution in [3.8, 4) is 0 Å². The smallest absolute Gasteiger partial charge is 0.274 e. The van der Waals surface area contributed by atoms with Crippen LogP contribution in [0.2, 0.25) is 0 Å². The molecule has 0 atom stereocenters. The second-order valence-electron chi connectivity index (χ2n) is 5.23. The summed E-state index contributed by atoms with van der Waals surface area (Å²) in [5.41, 5.74) is 12.5. The van der Waals surface area contributed by atoms with E-state index in [9.17, 15) is 9.59 Å². The summed E-state index contributed by atoms with van der Waals surface area (Å²) in [6, 6.07) is 0. The number of hydrogen-bond donors (Lipinski definition) is 2. The number of aromatic nitrogens is 2. The fraction of sp³-hybridized carbons (Fsp3) is 0.615. The number of nitrogen functional groups attached to an aromatic ring is 1. The van der Waals surface area contributed by atoms with Crippen LogP contribution in [-0.4, -0.2) is 39.6 Å². The summed E-state index contributed by atoms with van der Waals surface area (Å²) in [4.78, 5) is 25.1. The fourth-order valence-electron chi connectivity index (χ4n) is 2.11. The number of carbonyl (C=O) groups is 2. The lowest BCUT2D eigenvalue weighted by atomic mass is 10.1. The molecule has 20 heavy (non-hydrogen) atoms. The Hall–Kier alpha value is -2.05. The Morgan fingerprint density at radius 1 is 1.40 bits per heavy atom. The first-order chi connectivity index (χ1) is 9.27. The maximum atomic E-state index is 12.6. The zero-order valence-corrected chi connectivity index (χ0v) is 12.5. The number of nitrogens with zero attached hydrogens (tertiary/aromatic N) is 3. The number of carbonyl (C=O) groups excluding carboxylic acids is 2. The molecule has 0 spiro atoms. The third-order valence-electron chi connectivity index (χ3n) is 2.92. The van der Waals surface area contributed by atoms with E-state index in [1.165, 1.54) is 9.58 Å². The van der Waals surface area contributed by atoms with Crippen molar-refractivity contribution < 1.29 is 9.59 Å². The maximum Gasteiger partial charge on any atom is 0.274 e. The average molecular weight is 281 g/mol. The second kappa shape index (κ2) is 6.40. The molecule has 0 saturated heterocycles. The highest BCUT2D eigenvalue weighted by molar-refractivity contribution is 5.99. The molecule has 0 unspecified atom stereocenters. The standard InChI is InChI=1S/C13H23N5O2/c1-5-9-11(15)12(17(4)16-9)13(20)18(6-8(2)3)7-10(14)19/h8H,5-7,15H2,1-4H3,(H2,14,19). The van der Waals surface area contributed by atoms with Crippen LogP contribution in [0.15, 0.2) is 0 Å².